The summed E-state index contributed by atoms with van der Waals surface area (Å²) in [4.78, 5) is 19.5. The predicted octanol–water partition coefficient (Wildman–Crippen LogP) is 3.24. The second-order valence-electron chi connectivity index (χ2n) is 5.81. The molecule has 1 fully saturated rings. The summed E-state index contributed by atoms with van der Waals surface area (Å²) in [6, 6.07) is 7.91. The third-order valence-electron chi connectivity index (χ3n) is 4.34. The van der Waals surface area contributed by atoms with Gasteiger partial charge in [0.2, 0.25) is 0 Å². The highest BCUT2D eigenvalue weighted by Crippen LogP contribution is 2.28. The zero-order chi connectivity index (χ0) is 16.1. The maximum absolute atomic E-state index is 10.9. The van der Waals surface area contributed by atoms with Gasteiger partial charge in [-0.25, -0.2) is 9.78 Å². The molecular weight excluding hydrogens is 294 g/mol. The summed E-state index contributed by atoms with van der Waals surface area (Å²) in [5.74, 6) is 1.38. The summed E-state index contributed by atoms with van der Waals surface area (Å²) >= 11 is 0. The molecule has 0 aliphatic carbocycles. The molecule has 2 aromatic rings. The number of aromatic nitrogens is 2. The number of nitrogens with zero attached hydrogens (tertiary/aromatic N) is 2. The molecule has 0 spiro atoms. The van der Waals surface area contributed by atoms with Crippen molar-refractivity contribution in [2.45, 2.75) is 19.3 Å². The average Bonchev–Trinajstić information content (AvgIpc) is 3.10. The van der Waals surface area contributed by atoms with Gasteiger partial charge in [0.1, 0.15) is 5.75 Å². The number of carboxylic acid groups (broad SMARTS) is 1. The Morgan fingerprint density at radius 2 is 2.13 bits per heavy atom. The van der Waals surface area contributed by atoms with Gasteiger partial charge in [0, 0.05) is 18.7 Å². The van der Waals surface area contributed by atoms with Crippen molar-refractivity contribution < 1.29 is 14.6 Å². The van der Waals surface area contributed by atoms with Crippen molar-refractivity contribution in [3.8, 4) is 17.0 Å². The van der Waals surface area contributed by atoms with E-state index in [-0.39, 0.29) is 0 Å². The standard InChI is InChI=1S/C17H21N3O3/c21-17(22)20-8-5-13(6-9-20)7-10-23-16-4-2-1-3-14(16)15-11-18-12-19-15/h1-4,11-13H,5-10H2,(H,18,19)(H,21,22). The van der Waals surface area contributed by atoms with Gasteiger partial charge in [0.05, 0.1) is 24.8 Å². The van der Waals surface area contributed by atoms with E-state index in [9.17, 15) is 4.79 Å². The normalized spacial score (nSPS) is 15.6. The van der Waals surface area contributed by atoms with Gasteiger partial charge in [-0.1, -0.05) is 12.1 Å². The van der Waals surface area contributed by atoms with Crippen LogP contribution < -0.4 is 4.74 Å². The molecule has 122 valence electrons. The molecule has 1 aromatic carbocycles. The first-order chi connectivity index (χ1) is 11.2. The fourth-order valence-corrected chi connectivity index (χ4v) is 2.97. The highest BCUT2D eigenvalue weighted by Gasteiger charge is 2.22. The number of imidazole rings is 1. The maximum atomic E-state index is 10.9. The van der Waals surface area contributed by atoms with Gasteiger partial charge >= 0.3 is 6.09 Å². The Bertz CT molecular complexity index is 634. The van der Waals surface area contributed by atoms with Crippen LogP contribution in [0.5, 0.6) is 5.75 Å². The van der Waals surface area contributed by atoms with Crippen LogP contribution in [-0.4, -0.2) is 45.8 Å². The van der Waals surface area contributed by atoms with E-state index in [0.29, 0.717) is 25.6 Å². The van der Waals surface area contributed by atoms with E-state index in [2.05, 4.69) is 9.97 Å². The Hall–Kier alpha value is -2.50. The van der Waals surface area contributed by atoms with Crippen LogP contribution in [-0.2, 0) is 0 Å². The van der Waals surface area contributed by atoms with E-state index in [1.807, 2.05) is 24.3 Å². The topological polar surface area (TPSA) is 78.4 Å². The minimum absolute atomic E-state index is 0.532. The molecule has 1 saturated heterocycles. The van der Waals surface area contributed by atoms with Gasteiger partial charge in [-0.05, 0) is 37.3 Å². The van der Waals surface area contributed by atoms with Crippen LogP contribution in [0, 0.1) is 5.92 Å². The number of aromatic amines is 1. The average molecular weight is 315 g/mol. The molecule has 6 nitrogen and oxygen atoms in total. The SMILES string of the molecule is O=C(O)N1CCC(CCOc2ccccc2-c2cnc[nH]2)CC1. The molecule has 6 heteroatoms. The fourth-order valence-electron chi connectivity index (χ4n) is 2.97. The first kappa shape index (κ1) is 15.4. The number of benzene rings is 1. The molecule has 0 saturated carbocycles. The van der Waals surface area contributed by atoms with Crippen molar-refractivity contribution in [2.75, 3.05) is 19.7 Å². The summed E-state index contributed by atoms with van der Waals surface area (Å²) in [7, 11) is 0. The molecule has 0 bridgehead atoms. The number of likely N-dealkylation sites (tertiary alicyclic amines) is 1. The minimum Gasteiger partial charge on any atom is -0.493 e. The second-order valence-corrected chi connectivity index (χ2v) is 5.81. The molecule has 2 heterocycles. The summed E-state index contributed by atoms with van der Waals surface area (Å²) in [5, 5.41) is 8.96. The third kappa shape index (κ3) is 3.83. The van der Waals surface area contributed by atoms with Crippen molar-refractivity contribution in [3.05, 3.63) is 36.8 Å². The maximum Gasteiger partial charge on any atom is 0.407 e. The van der Waals surface area contributed by atoms with E-state index in [1.54, 1.807) is 12.5 Å². The lowest BCUT2D eigenvalue weighted by atomic mass is 9.94. The molecule has 1 aromatic heterocycles. The summed E-state index contributed by atoms with van der Waals surface area (Å²) < 4.78 is 5.96. The second kappa shape index (κ2) is 7.17. The van der Waals surface area contributed by atoms with Crippen LogP contribution in [0.15, 0.2) is 36.8 Å². The predicted molar refractivity (Wildman–Crippen MR) is 86.5 cm³/mol. The molecule has 0 radical (unpaired) electrons. The molecule has 2 N–H and O–H groups in total. The largest absolute Gasteiger partial charge is 0.493 e. The van der Waals surface area contributed by atoms with Crippen LogP contribution in [0.4, 0.5) is 4.79 Å². The molecule has 1 aliphatic rings. The number of hydrogen-bond acceptors (Lipinski definition) is 3. The lowest BCUT2D eigenvalue weighted by Crippen LogP contribution is -2.37. The first-order valence-electron chi connectivity index (χ1n) is 7.92. The van der Waals surface area contributed by atoms with Gasteiger partial charge in [0.25, 0.3) is 0 Å². The summed E-state index contributed by atoms with van der Waals surface area (Å²) in [6.45, 7) is 1.90. The lowest BCUT2D eigenvalue weighted by Gasteiger charge is -2.29. The summed E-state index contributed by atoms with van der Waals surface area (Å²) in [5.41, 5.74) is 1.95. The van der Waals surface area contributed by atoms with Crippen molar-refractivity contribution in [2.24, 2.45) is 5.92 Å². The van der Waals surface area contributed by atoms with Gasteiger partial charge in [-0.2, -0.15) is 0 Å². The Labute approximate surface area is 135 Å². The molecule has 23 heavy (non-hydrogen) atoms. The Kier molecular flexibility index (Phi) is 4.80. The number of rotatable bonds is 5. The van der Waals surface area contributed by atoms with Crippen LogP contribution >= 0.6 is 0 Å². The van der Waals surface area contributed by atoms with Gasteiger partial charge in [-0.3, -0.25) is 0 Å². The zero-order valence-electron chi connectivity index (χ0n) is 12.9. The smallest absolute Gasteiger partial charge is 0.407 e. The molecule has 0 unspecified atom stereocenters. The van der Waals surface area contributed by atoms with Crippen LogP contribution in [0.1, 0.15) is 19.3 Å². The highest BCUT2D eigenvalue weighted by atomic mass is 16.5. The lowest BCUT2D eigenvalue weighted by molar-refractivity contribution is 0.119. The number of nitrogens with one attached hydrogen (secondary N) is 1. The Morgan fingerprint density at radius 1 is 1.35 bits per heavy atom. The van der Waals surface area contributed by atoms with Gasteiger partial charge in [0.15, 0.2) is 0 Å². The van der Waals surface area contributed by atoms with Crippen molar-refractivity contribution >= 4 is 6.09 Å². The minimum atomic E-state index is -0.812. The number of piperidine rings is 1. The van der Waals surface area contributed by atoms with E-state index in [1.165, 1.54) is 4.90 Å². The monoisotopic (exact) mass is 315 g/mol. The van der Waals surface area contributed by atoms with Crippen LogP contribution in [0.2, 0.25) is 0 Å². The number of hydrogen-bond donors (Lipinski definition) is 2. The Balaban J connectivity index is 1.51. The van der Waals surface area contributed by atoms with E-state index in [4.69, 9.17) is 9.84 Å². The van der Waals surface area contributed by atoms with Crippen LogP contribution in [0.3, 0.4) is 0 Å². The van der Waals surface area contributed by atoms with Crippen LogP contribution in [0.25, 0.3) is 11.3 Å². The molecule has 3 rings (SSSR count). The number of H-pyrrole nitrogens is 1. The molecule has 0 atom stereocenters. The summed E-state index contributed by atoms with van der Waals surface area (Å²) in [6.07, 6.45) is 5.40. The highest BCUT2D eigenvalue weighted by molar-refractivity contribution is 5.66. The van der Waals surface area contributed by atoms with Crippen molar-refractivity contribution in [1.82, 2.24) is 14.9 Å². The number of amides is 1. The van der Waals surface area contributed by atoms with E-state index in [0.717, 1.165) is 36.3 Å². The molecule has 1 aliphatic heterocycles. The third-order valence-corrected chi connectivity index (χ3v) is 4.34. The zero-order valence-corrected chi connectivity index (χ0v) is 12.9. The fraction of sp³-hybridized carbons (Fsp3) is 0.412. The van der Waals surface area contributed by atoms with Gasteiger partial charge < -0.3 is 19.7 Å². The van der Waals surface area contributed by atoms with E-state index >= 15 is 0 Å². The molecular formula is C17H21N3O3. The van der Waals surface area contributed by atoms with Gasteiger partial charge in [-0.15, -0.1) is 0 Å². The number of para-hydroxylation sites is 1. The first-order valence-corrected chi connectivity index (χ1v) is 7.92. The molecule has 1 amide bonds. The van der Waals surface area contributed by atoms with Crippen molar-refractivity contribution in [1.29, 1.82) is 0 Å². The quantitative estimate of drug-likeness (QED) is 0.888. The number of ether oxygens (including phenoxy) is 1. The number of carbonyl (C=O) groups is 1. The van der Waals surface area contributed by atoms with E-state index < -0.39 is 6.09 Å². The Morgan fingerprint density at radius 3 is 2.83 bits per heavy atom. The van der Waals surface area contributed by atoms with Crippen molar-refractivity contribution in [3.63, 3.8) is 0 Å².